The molecule has 1 aromatic carbocycles. The first-order valence-corrected chi connectivity index (χ1v) is 10.3. The number of aromatic nitrogens is 1. The van der Waals surface area contributed by atoms with Gasteiger partial charge in [-0.25, -0.2) is 4.99 Å². The first kappa shape index (κ1) is 20.6. The van der Waals surface area contributed by atoms with Crippen LogP contribution in [0.3, 0.4) is 0 Å². The molecule has 2 aromatic rings. The van der Waals surface area contributed by atoms with Gasteiger partial charge >= 0.3 is 0 Å². The molecule has 0 bridgehead atoms. The third-order valence-corrected chi connectivity index (χ3v) is 4.81. The normalized spacial score (nSPS) is 18.6. The molecule has 0 saturated carbocycles. The second kappa shape index (κ2) is 10.4. The van der Waals surface area contributed by atoms with Crippen LogP contribution in [0.25, 0.3) is 10.9 Å². The third-order valence-electron chi connectivity index (χ3n) is 4.81. The van der Waals surface area contributed by atoms with Gasteiger partial charge in [-0.15, -0.1) is 0 Å². The van der Waals surface area contributed by atoms with E-state index in [1.54, 1.807) is 0 Å². The van der Waals surface area contributed by atoms with Crippen LogP contribution in [0.4, 0.5) is 0 Å². The molecule has 3 rings (SSSR count). The van der Waals surface area contributed by atoms with Gasteiger partial charge in [-0.2, -0.15) is 0 Å². The lowest BCUT2D eigenvalue weighted by molar-refractivity contribution is -0.0284. The molecule has 152 valence electrons. The van der Waals surface area contributed by atoms with Gasteiger partial charge in [0.2, 0.25) is 0 Å². The Bertz CT molecular complexity index is 771. The Labute approximate surface area is 168 Å². The molecule has 1 fully saturated rings. The minimum Gasteiger partial charge on any atom is -0.374 e. The second-order valence-corrected chi connectivity index (χ2v) is 7.71. The quantitative estimate of drug-likeness (QED) is 0.569. The van der Waals surface area contributed by atoms with Crippen molar-refractivity contribution >= 4 is 16.9 Å². The first-order chi connectivity index (χ1) is 13.7. The van der Waals surface area contributed by atoms with Gasteiger partial charge in [0.15, 0.2) is 5.96 Å². The molecule has 0 aliphatic carbocycles. The number of hydrogen-bond donors (Lipinski definition) is 2. The van der Waals surface area contributed by atoms with Gasteiger partial charge in [-0.3, -0.25) is 9.88 Å². The molecule has 1 saturated heterocycles. The van der Waals surface area contributed by atoms with E-state index in [2.05, 4.69) is 65.6 Å². The Balaban J connectivity index is 1.60. The highest BCUT2D eigenvalue weighted by molar-refractivity contribution is 5.83. The number of benzene rings is 1. The molecule has 2 N–H and O–H groups in total. The molecule has 1 atom stereocenters. The fourth-order valence-electron chi connectivity index (χ4n) is 3.60. The van der Waals surface area contributed by atoms with E-state index in [1.165, 1.54) is 0 Å². The van der Waals surface area contributed by atoms with Crippen molar-refractivity contribution in [2.45, 2.75) is 33.4 Å². The lowest BCUT2D eigenvalue weighted by Crippen LogP contribution is -2.50. The largest absolute Gasteiger partial charge is 0.374 e. The number of aliphatic imine (C=N–C) groups is 1. The molecule has 0 amide bonds. The number of hydrogen-bond acceptors (Lipinski definition) is 4. The van der Waals surface area contributed by atoms with Crippen LogP contribution in [0, 0.1) is 5.92 Å². The van der Waals surface area contributed by atoms with E-state index in [9.17, 15) is 0 Å². The Morgan fingerprint density at radius 3 is 2.96 bits per heavy atom. The molecule has 28 heavy (non-hydrogen) atoms. The monoisotopic (exact) mass is 383 g/mol. The van der Waals surface area contributed by atoms with Gasteiger partial charge in [0, 0.05) is 44.3 Å². The predicted molar refractivity (Wildman–Crippen MR) is 116 cm³/mol. The highest BCUT2D eigenvalue weighted by Crippen LogP contribution is 2.16. The number of nitrogens with one attached hydrogen (secondary N) is 2. The van der Waals surface area contributed by atoms with Gasteiger partial charge in [0.25, 0.3) is 0 Å². The number of ether oxygens (including phenoxy) is 1. The number of pyridine rings is 1. The van der Waals surface area contributed by atoms with Gasteiger partial charge in [-0.1, -0.05) is 38.1 Å². The standard InChI is InChI=1S/C22H33N5O/c1-4-23-22(26-14-20-16-27(11-12-28-20)15-17(2)3)25-13-19-8-5-7-18-9-6-10-24-21(18)19/h5-10,17,20H,4,11-16H2,1-3H3,(H2,23,25,26). The van der Waals surface area contributed by atoms with E-state index >= 15 is 0 Å². The molecule has 2 heterocycles. The zero-order valence-electron chi connectivity index (χ0n) is 17.3. The zero-order valence-corrected chi connectivity index (χ0v) is 17.3. The van der Waals surface area contributed by atoms with E-state index in [4.69, 9.17) is 9.73 Å². The summed E-state index contributed by atoms with van der Waals surface area (Å²) < 4.78 is 5.94. The minimum atomic E-state index is 0.190. The average molecular weight is 384 g/mol. The summed E-state index contributed by atoms with van der Waals surface area (Å²) in [5, 5.41) is 7.93. The molecule has 6 heteroatoms. The summed E-state index contributed by atoms with van der Waals surface area (Å²) >= 11 is 0. The van der Waals surface area contributed by atoms with Gasteiger partial charge in [0.1, 0.15) is 0 Å². The van der Waals surface area contributed by atoms with Crippen molar-refractivity contribution in [3.05, 3.63) is 42.1 Å². The van der Waals surface area contributed by atoms with Crippen molar-refractivity contribution < 1.29 is 4.74 Å². The minimum absolute atomic E-state index is 0.190. The van der Waals surface area contributed by atoms with Gasteiger partial charge in [-0.05, 0) is 24.5 Å². The van der Waals surface area contributed by atoms with E-state index in [0.717, 1.165) is 61.8 Å². The summed E-state index contributed by atoms with van der Waals surface area (Å²) in [5.74, 6) is 1.50. The van der Waals surface area contributed by atoms with Crippen LogP contribution in [-0.2, 0) is 11.3 Å². The van der Waals surface area contributed by atoms with E-state index in [0.29, 0.717) is 12.5 Å². The highest BCUT2D eigenvalue weighted by atomic mass is 16.5. The van der Waals surface area contributed by atoms with E-state index in [1.807, 2.05) is 12.3 Å². The van der Waals surface area contributed by atoms with Gasteiger partial charge in [0.05, 0.1) is 24.8 Å². The number of morpholine rings is 1. The fourth-order valence-corrected chi connectivity index (χ4v) is 3.60. The summed E-state index contributed by atoms with van der Waals surface area (Å²) in [6.45, 7) is 12.7. The molecule has 1 aliphatic rings. The number of nitrogens with zero attached hydrogens (tertiary/aromatic N) is 3. The van der Waals surface area contributed by atoms with Gasteiger partial charge < -0.3 is 15.4 Å². The molecule has 1 unspecified atom stereocenters. The maximum Gasteiger partial charge on any atom is 0.191 e. The number of guanidine groups is 1. The van der Waals surface area contributed by atoms with Crippen molar-refractivity contribution in [1.82, 2.24) is 20.5 Å². The van der Waals surface area contributed by atoms with Crippen molar-refractivity contribution in [2.75, 3.05) is 39.3 Å². The molecule has 1 aliphatic heterocycles. The topological polar surface area (TPSA) is 61.8 Å². The Kier molecular flexibility index (Phi) is 7.62. The van der Waals surface area contributed by atoms with Crippen molar-refractivity contribution in [3.8, 4) is 0 Å². The van der Waals surface area contributed by atoms with Crippen LogP contribution in [-0.4, -0.2) is 61.3 Å². The van der Waals surface area contributed by atoms with E-state index in [-0.39, 0.29) is 6.10 Å². The SMILES string of the molecule is CCNC(=NCc1cccc2cccnc12)NCC1CN(CC(C)C)CCO1. The molecular weight excluding hydrogens is 350 g/mol. The lowest BCUT2D eigenvalue weighted by Gasteiger charge is -2.34. The van der Waals surface area contributed by atoms with Crippen molar-refractivity contribution in [3.63, 3.8) is 0 Å². The number of para-hydroxylation sites is 1. The predicted octanol–water partition coefficient (Wildman–Crippen LogP) is 2.65. The number of rotatable bonds is 7. The van der Waals surface area contributed by atoms with Crippen LogP contribution >= 0.6 is 0 Å². The molecule has 0 spiro atoms. The van der Waals surface area contributed by atoms with Crippen LogP contribution in [0.1, 0.15) is 26.3 Å². The van der Waals surface area contributed by atoms with Crippen molar-refractivity contribution in [2.24, 2.45) is 10.9 Å². The summed E-state index contributed by atoms with van der Waals surface area (Å²) in [5.41, 5.74) is 2.15. The fraction of sp³-hybridized carbons (Fsp3) is 0.545. The van der Waals surface area contributed by atoms with Crippen LogP contribution in [0.15, 0.2) is 41.5 Å². The molecule has 1 aromatic heterocycles. The number of fused-ring (bicyclic) bond motifs is 1. The molecular formula is C22H33N5O. The zero-order chi connectivity index (χ0) is 19.8. The lowest BCUT2D eigenvalue weighted by atomic mass is 10.1. The summed E-state index contributed by atoms with van der Waals surface area (Å²) in [4.78, 5) is 11.8. The smallest absolute Gasteiger partial charge is 0.191 e. The second-order valence-electron chi connectivity index (χ2n) is 7.71. The average Bonchev–Trinajstić information content (AvgIpc) is 2.70. The van der Waals surface area contributed by atoms with Crippen LogP contribution in [0.5, 0.6) is 0 Å². The maximum absolute atomic E-state index is 5.94. The summed E-state index contributed by atoms with van der Waals surface area (Å²) in [6.07, 6.45) is 2.03. The summed E-state index contributed by atoms with van der Waals surface area (Å²) in [7, 11) is 0. The summed E-state index contributed by atoms with van der Waals surface area (Å²) in [6, 6.07) is 10.3. The van der Waals surface area contributed by atoms with Crippen LogP contribution in [0.2, 0.25) is 0 Å². The third kappa shape index (κ3) is 5.91. The molecule has 0 radical (unpaired) electrons. The first-order valence-electron chi connectivity index (χ1n) is 10.3. The highest BCUT2D eigenvalue weighted by Gasteiger charge is 2.21. The van der Waals surface area contributed by atoms with Crippen molar-refractivity contribution in [1.29, 1.82) is 0 Å². The Morgan fingerprint density at radius 2 is 2.14 bits per heavy atom. The Hall–Kier alpha value is -2.18. The van der Waals surface area contributed by atoms with E-state index < -0.39 is 0 Å². The molecule has 6 nitrogen and oxygen atoms in total. The van der Waals surface area contributed by atoms with Crippen LogP contribution < -0.4 is 10.6 Å². The maximum atomic E-state index is 5.94. The Morgan fingerprint density at radius 1 is 1.29 bits per heavy atom.